The fourth-order valence-corrected chi connectivity index (χ4v) is 3.29. The summed E-state index contributed by atoms with van der Waals surface area (Å²) in [6, 6.07) is 8.01. The van der Waals surface area contributed by atoms with Crippen LogP contribution in [0, 0.1) is 12.7 Å². The lowest BCUT2D eigenvalue weighted by Gasteiger charge is -2.10. The first kappa shape index (κ1) is 19.2. The van der Waals surface area contributed by atoms with Crippen molar-refractivity contribution in [3.8, 4) is 5.75 Å². The van der Waals surface area contributed by atoms with Crippen LogP contribution in [0.2, 0.25) is 5.02 Å². The Labute approximate surface area is 150 Å². The third kappa shape index (κ3) is 4.91. The molecule has 0 heterocycles. The molecule has 0 spiro atoms. The number of methoxy groups -OCH3 is 1. The molecular formula is C16H16ClFN2O4S. The van der Waals surface area contributed by atoms with Crippen LogP contribution >= 0.6 is 11.6 Å². The number of nitrogens with one attached hydrogen (secondary N) is 2. The van der Waals surface area contributed by atoms with Crippen molar-refractivity contribution in [3.05, 3.63) is 52.8 Å². The van der Waals surface area contributed by atoms with Crippen molar-refractivity contribution >= 4 is 33.2 Å². The molecule has 1 amide bonds. The topological polar surface area (TPSA) is 84.5 Å². The molecule has 0 aliphatic carbocycles. The molecule has 0 bridgehead atoms. The van der Waals surface area contributed by atoms with Gasteiger partial charge in [0, 0.05) is 5.69 Å². The fraction of sp³-hybridized carbons (Fsp3) is 0.188. The Morgan fingerprint density at radius 1 is 1.24 bits per heavy atom. The summed E-state index contributed by atoms with van der Waals surface area (Å²) in [5, 5.41) is 2.28. The van der Waals surface area contributed by atoms with E-state index in [9.17, 15) is 17.6 Å². The minimum absolute atomic E-state index is 0.0171. The van der Waals surface area contributed by atoms with Crippen LogP contribution in [0.5, 0.6) is 5.75 Å². The molecule has 0 aliphatic heterocycles. The maximum atomic E-state index is 13.1. The molecule has 6 nitrogen and oxygen atoms in total. The Bertz CT molecular complexity index is 903. The van der Waals surface area contributed by atoms with Gasteiger partial charge >= 0.3 is 0 Å². The average molecular weight is 387 g/mol. The van der Waals surface area contributed by atoms with E-state index in [2.05, 4.69) is 10.0 Å². The molecule has 2 N–H and O–H groups in total. The van der Waals surface area contributed by atoms with Gasteiger partial charge in [0.2, 0.25) is 15.9 Å². The van der Waals surface area contributed by atoms with Crippen molar-refractivity contribution in [3.63, 3.8) is 0 Å². The van der Waals surface area contributed by atoms with E-state index in [-0.39, 0.29) is 15.6 Å². The lowest BCUT2D eigenvalue weighted by atomic mass is 10.2. The summed E-state index contributed by atoms with van der Waals surface area (Å²) in [6.07, 6.45) is 0. The second-order valence-corrected chi connectivity index (χ2v) is 7.31. The second kappa shape index (κ2) is 7.81. The summed E-state index contributed by atoms with van der Waals surface area (Å²) in [6.45, 7) is 1.23. The number of hydrogen-bond acceptors (Lipinski definition) is 4. The summed E-state index contributed by atoms with van der Waals surface area (Å²) in [7, 11) is -2.38. The van der Waals surface area contributed by atoms with E-state index in [1.165, 1.54) is 37.4 Å². The molecular weight excluding hydrogens is 371 g/mol. The minimum atomic E-state index is -3.86. The highest BCUT2D eigenvalue weighted by atomic mass is 35.5. The number of benzene rings is 2. The van der Waals surface area contributed by atoms with Crippen LogP contribution in [-0.4, -0.2) is 28.0 Å². The Hall–Kier alpha value is -2.16. The van der Waals surface area contributed by atoms with Gasteiger partial charge in [-0.15, -0.1) is 0 Å². The normalized spacial score (nSPS) is 11.2. The summed E-state index contributed by atoms with van der Waals surface area (Å²) >= 11 is 5.62. The van der Waals surface area contributed by atoms with Gasteiger partial charge < -0.3 is 10.1 Å². The number of ether oxygens (including phenoxy) is 1. The maximum Gasteiger partial charge on any atom is 0.241 e. The van der Waals surface area contributed by atoms with E-state index in [0.29, 0.717) is 11.3 Å². The number of sulfonamides is 1. The van der Waals surface area contributed by atoms with Gasteiger partial charge in [-0.25, -0.2) is 17.5 Å². The number of aryl methyl sites for hydroxylation is 1. The first-order valence-electron chi connectivity index (χ1n) is 7.12. The highest BCUT2D eigenvalue weighted by molar-refractivity contribution is 7.89. The highest BCUT2D eigenvalue weighted by Gasteiger charge is 2.17. The molecule has 0 aliphatic rings. The molecule has 0 atom stereocenters. The molecule has 0 saturated carbocycles. The average Bonchev–Trinajstić information content (AvgIpc) is 2.56. The molecule has 134 valence electrons. The molecule has 9 heteroatoms. The Balaban J connectivity index is 2.02. The molecule has 2 aromatic carbocycles. The molecule has 2 rings (SSSR count). The van der Waals surface area contributed by atoms with Gasteiger partial charge in [-0.1, -0.05) is 11.6 Å². The van der Waals surface area contributed by atoms with Gasteiger partial charge in [-0.05, 0) is 48.9 Å². The second-order valence-electron chi connectivity index (χ2n) is 5.13. The van der Waals surface area contributed by atoms with Gasteiger partial charge in [0.25, 0.3) is 0 Å². The molecule has 0 saturated heterocycles. The maximum absolute atomic E-state index is 13.1. The van der Waals surface area contributed by atoms with Gasteiger partial charge in [-0.3, -0.25) is 4.79 Å². The van der Waals surface area contributed by atoms with Crippen LogP contribution in [0.25, 0.3) is 0 Å². The number of halogens is 2. The number of anilines is 1. The largest absolute Gasteiger partial charge is 0.496 e. The monoisotopic (exact) mass is 386 g/mol. The number of hydrogen-bond donors (Lipinski definition) is 2. The van der Waals surface area contributed by atoms with Gasteiger partial charge in [0.1, 0.15) is 11.6 Å². The summed E-state index contributed by atoms with van der Waals surface area (Å²) in [5.41, 5.74) is 0.909. The first-order chi connectivity index (χ1) is 11.7. The van der Waals surface area contributed by atoms with Gasteiger partial charge in [-0.2, -0.15) is 0 Å². The van der Waals surface area contributed by atoms with E-state index >= 15 is 0 Å². The standard InChI is InChI=1S/C16H16ClFN2O4S/c1-10-7-12(4-6-15(10)24-2)25(22,23)19-9-16(21)20-11-3-5-14(18)13(17)8-11/h3-8,19H,9H2,1-2H3,(H,20,21). The van der Waals surface area contributed by atoms with E-state index in [1.807, 2.05) is 0 Å². The number of carbonyl (C=O) groups is 1. The zero-order valence-electron chi connectivity index (χ0n) is 13.5. The molecule has 0 radical (unpaired) electrons. The Kier molecular flexibility index (Phi) is 5.99. The van der Waals surface area contributed by atoms with Crippen molar-refractivity contribution in [2.75, 3.05) is 19.0 Å². The summed E-state index contributed by atoms with van der Waals surface area (Å²) in [4.78, 5) is 11.9. The van der Waals surface area contributed by atoms with E-state index in [1.54, 1.807) is 6.92 Å². The highest BCUT2D eigenvalue weighted by Crippen LogP contribution is 2.21. The quantitative estimate of drug-likeness (QED) is 0.799. The molecule has 0 fully saturated rings. The van der Waals surface area contributed by atoms with Crippen molar-refractivity contribution in [2.45, 2.75) is 11.8 Å². The molecule has 2 aromatic rings. The fourth-order valence-electron chi connectivity index (χ4n) is 2.04. The van der Waals surface area contributed by atoms with Crippen LogP contribution in [0.15, 0.2) is 41.3 Å². The Morgan fingerprint density at radius 2 is 1.96 bits per heavy atom. The molecule has 0 unspecified atom stereocenters. The summed E-state index contributed by atoms with van der Waals surface area (Å²) < 4.78 is 44.8. The van der Waals surface area contributed by atoms with Gasteiger partial charge in [0.05, 0.1) is 23.6 Å². The van der Waals surface area contributed by atoms with E-state index in [0.717, 1.165) is 6.07 Å². The predicted molar refractivity (Wildman–Crippen MR) is 93.0 cm³/mol. The van der Waals surface area contributed by atoms with Crippen molar-refractivity contribution in [1.82, 2.24) is 4.72 Å². The Morgan fingerprint density at radius 3 is 2.56 bits per heavy atom. The third-order valence-corrected chi connectivity index (χ3v) is 4.99. The van der Waals surface area contributed by atoms with Crippen LogP contribution in [-0.2, 0) is 14.8 Å². The lowest BCUT2D eigenvalue weighted by Crippen LogP contribution is -2.33. The lowest BCUT2D eigenvalue weighted by molar-refractivity contribution is -0.115. The smallest absolute Gasteiger partial charge is 0.241 e. The van der Waals surface area contributed by atoms with Crippen LogP contribution in [0.3, 0.4) is 0 Å². The SMILES string of the molecule is COc1ccc(S(=O)(=O)NCC(=O)Nc2ccc(F)c(Cl)c2)cc1C. The van der Waals surface area contributed by atoms with Crippen molar-refractivity contribution in [2.24, 2.45) is 0 Å². The van der Waals surface area contributed by atoms with E-state index < -0.39 is 28.3 Å². The molecule has 25 heavy (non-hydrogen) atoms. The first-order valence-corrected chi connectivity index (χ1v) is 8.98. The zero-order chi connectivity index (χ0) is 18.6. The van der Waals surface area contributed by atoms with Crippen LogP contribution in [0.1, 0.15) is 5.56 Å². The van der Waals surface area contributed by atoms with Crippen LogP contribution in [0.4, 0.5) is 10.1 Å². The number of amides is 1. The van der Waals surface area contributed by atoms with E-state index in [4.69, 9.17) is 16.3 Å². The summed E-state index contributed by atoms with van der Waals surface area (Å²) in [5.74, 6) is -0.670. The van der Waals surface area contributed by atoms with Gasteiger partial charge in [0.15, 0.2) is 0 Å². The van der Waals surface area contributed by atoms with Crippen molar-refractivity contribution < 1.29 is 22.3 Å². The molecule has 0 aromatic heterocycles. The number of carbonyl (C=O) groups excluding carboxylic acids is 1. The zero-order valence-corrected chi connectivity index (χ0v) is 15.0. The van der Waals surface area contributed by atoms with Crippen LogP contribution < -0.4 is 14.8 Å². The predicted octanol–water partition coefficient (Wildman–Crippen LogP) is 2.71. The van der Waals surface area contributed by atoms with Crippen molar-refractivity contribution in [1.29, 1.82) is 0 Å². The third-order valence-electron chi connectivity index (χ3n) is 3.30. The minimum Gasteiger partial charge on any atom is -0.496 e. The number of rotatable bonds is 6.